The zero-order chi connectivity index (χ0) is 8.97. The monoisotopic (exact) mass is 168 g/mol. The number of hydrazine groups is 1. The SMILES string of the molecule is CNNC(=O)C(N)c1ccc[nH]1. The minimum atomic E-state index is -0.646. The number of nitrogens with one attached hydrogen (secondary N) is 3. The zero-order valence-electron chi connectivity index (χ0n) is 6.79. The van der Waals surface area contributed by atoms with E-state index in [1.54, 1.807) is 25.4 Å². The Morgan fingerprint density at radius 3 is 3.00 bits per heavy atom. The molecule has 1 unspecified atom stereocenters. The molecule has 1 aromatic heterocycles. The van der Waals surface area contributed by atoms with E-state index in [9.17, 15) is 4.79 Å². The fourth-order valence-corrected chi connectivity index (χ4v) is 0.880. The topological polar surface area (TPSA) is 82.9 Å². The van der Waals surface area contributed by atoms with Crippen LogP contribution < -0.4 is 16.6 Å². The van der Waals surface area contributed by atoms with Gasteiger partial charge in [-0.3, -0.25) is 10.2 Å². The Balaban J connectivity index is 2.59. The first-order valence-corrected chi connectivity index (χ1v) is 3.61. The molecule has 0 aromatic carbocycles. The van der Waals surface area contributed by atoms with Gasteiger partial charge >= 0.3 is 0 Å². The Morgan fingerprint density at radius 1 is 1.75 bits per heavy atom. The second-order valence-electron chi connectivity index (χ2n) is 2.34. The molecule has 0 aliphatic carbocycles. The Labute approximate surface area is 70.3 Å². The van der Waals surface area contributed by atoms with Crippen LogP contribution in [0.1, 0.15) is 11.7 Å². The number of aromatic amines is 1. The lowest BCUT2D eigenvalue weighted by Gasteiger charge is -2.08. The summed E-state index contributed by atoms with van der Waals surface area (Å²) in [5.74, 6) is -0.264. The van der Waals surface area contributed by atoms with E-state index in [1.165, 1.54) is 0 Å². The fraction of sp³-hybridized carbons (Fsp3) is 0.286. The summed E-state index contributed by atoms with van der Waals surface area (Å²) in [6, 6.07) is 2.91. The highest BCUT2D eigenvalue weighted by atomic mass is 16.2. The van der Waals surface area contributed by atoms with Crippen molar-refractivity contribution in [1.29, 1.82) is 0 Å². The molecule has 1 aromatic rings. The molecule has 0 fully saturated rings. The molecule has 0 saturated carbocycles. The van der Waals surface area contributed by atoms with Gasteiger partial charge in [0.05, 0.1) is 0 Å². The standard InChI is InChI=1S/C7H12N4O/c1-9-11-7(12)6(8)5-3-2-4-10-5/h2-4,6,9-10H,8H2,1H3,(H,11,12). The van der Waals surface area contributed by atoms with Crippen LogP contribution in [-0.2, 0) is 4.79 Å². The maximum absolute atomic E-state index is 11.1. The minimum Gasteiger partial charge on any atom is -0.363 e. The Bertz CT molecular complexity index is 244. The zero-order valence-corrected chi connectivity index (χ0v) is 6.79. The number of carbonyl (C=O) groups is 1. The lowest BCUT2D eigenvalue weighted by molar-refractivity contribution is -0.123. The molecule has 5 N–H and O–H groups in total. The van der Waals surface area contributed by atoms with E-state index in [0.717, 1.165) is 0 Å². The molecule has 0 saturated heterocycles. The normalized spacial score (nSPS) is 12.5. The van der Waals surface area contributed by atoms with Crippen LogP contribution in [-0.4, -0.2) is 17.9 Å². The van der Waals surface area contributed by atoms with Crippen LogP contribution in [0.3, 0.4) is 0 Å². The van der Waals surface area contributed by atoms with Gasteiger partial charge in [0.1, 0.15) is 6.04 Å². The van der Waals surface area contributed by atoms with Gasteiger partial charge in [-0.15, -0.1) is 0 Å². The number of rotatable bonds is 3. The summed E-state index contributed by atoms with van der Waals surface area (Å²) in [6.07, 6.45) is 1.72. The van der Waals surface area contributed by atoms with Crippen molar-refractivity contribution in [2.75, 3.05) is 7.05 Å². The first kappa shape index (κ1) is 8.76. The molecule has 1 heterocycles. The molecule has 0 spiro atoms. The summed E-state index contributed by atoms with van der Waals surface area (Å²) in [4.78, 5) is 14.0. The Morgan fingerprint density at radius 2 is 2.50 bits per heavy atom. The second kappa shape index (κ2) is 3.89. The average Bonchev–Trinajstić information content (AvgIpc) is 2.55. The largest absolute Gasteiger partial charge is 0.363 e. The van der Waals surface area contributed by atoms with Gasteiger partial charge in [0.25, 0.3) is 5.91 Å². The van der Waals surface area contributed by atoms with Crippen molar-refractivity contribution in [3.8, 4) is 0 Å². The molecule has 12 heavy (non-hydrogen) atoms. The van der Waals surface area contributed by atoms with Crippen LogP contribution in [0.5, 0.6) is 0 Å². The van der Waals surface area contributed by atoms with Crippen molar-refractivity contribution in [2.24, 2.45) is 5.73 Å². The molecule has 0 bridgehead atoms. The predicted molar refractivity (Wildman–Crippen MR) is 44.9 cm³/mol. The van der Waals surface area contributed by atoms with Crippen molar-refractivity contribution in [3.05, 3.63) is 24.0 Å². The third-order valence-electron chi connectivity index (χ3n) is 1.49. The van der Waals surface area contributed by atoms with Crippen LogP contribution >= 0.6 is 0 Å². The van der Waals surface area contributed by atoms with Gasteiger partial charge in [-0.25, -0.2) is 5.43 Å². The summed E-state index contributed by atoms with van der Waals surface area (Å²) < 4.78 is 0. The van der Waals surface area contributed by atoms with Crippen LogP contribution in [0.4, 0.5) is 0 Å². The molecular formula is C7H12N4O. The molecule has 1 atom stereocenters. The van der Waals surface area contributed by atoms with Gasteiger partial charge in [0, 0.05) is 18.9 Å². The van der Waals surface area contributed by atoms with E-state index in [1.807, 2.05) is 0 Å². The third kappa shape index (κ3) is 1.84. The van der Waals surface area contributed by atoms with Crippen LogP contribution in [0.25, 0.3) is 0 Å². The smallest absolute Gasteiger partial charge is 0.257 e. The van der Waals surface area contributed by atoms with Gasteiger partial charge in [-0.2, -0.15) is 0 Å². The van der Waals surface area contributed by atoms with Gasteiger partial charge in [-0.05, 0) is 12.1 Å². The first-order chi connectivity index (χ1) is 5.75. The van der Waals surface area contributed by atoms with Crippen LogP contribution in [0.2, 0.25) is 0 Å². The number of hydrogen-bond acceptors (Lipinski definition) is 3. The van der Waals surface area contributed by atoms with E-state index in [0.29, 0.717) is 5.69 Å². The molecule has 5 heteroatoms. The van der Waals surface area contributed by atoms with E-state index in [-0.39, 0.29) is 5.91 Å². The van der Waals surface area contributed by atoms with E-state index < -0.39 is 6.04 Å². The number of nitrogens with two attached hydrogens (primary N) is 1. The number of aromatic nitrogens is 1. The molecule has 5 nitrogen and oxygen atoms in total. The Hall–Kier alpha value is -1.33. The van der Waals surface area contributed by atoms with Gasteiger partial charge in [0.15, 0.2) is 0 Å². The maximum atomic E-state index is 11.1. The predicted octanol–water partition coefficient (Wildman–Crippen LogP) is -0.735. The van der Waals surface area contributed by atoms with Crippen molar-refractivity contribution < 1.29 is 4.79 Å². The van der Waals surface area contributed by atoms with Crippen molar-refractivity contribution in [2.45, 2.75) is 6.04 Å². The summed E-state index contributed by atoms with van der Waals surface area (Å²) in [5, 5.41) is 0. The van der Waals surface area contributed by atoms with Crippen molar-refractivity contribution in [1.82, 2.24) is 15.8 Å². The molecule has 0 aliphatic rings. The van der Waals surface area contributed by atoms with Gasteiger partial charge < -0.3 is 10.7 Å². The summed E-state index contributed by atoms with van der Waals surface area (Å²) in [7, 11) is 1.61. The van der Waals surface area contributed by atoms with E-state index in [2.05, 4.69) is 15.8 Å². The molecule has 1 rings (SSSR count). The van der Waals surface area contributed by atoms with Gasteiger partial charge in [-0.1, -0.05) is 0 Å². The number of amides is 1. The third-order valence-corrected chi connectivity index (χ3v) is 1.49. The van der Waals surface area contributed by atoms with E-state index in [4.69, 9.17) is 5.73 Å². The number of H-pyrrole nitrogens is 1. The highest BCUT2D eigenvalue weighted by Crippen LogP contribution is 2.05. The molecule has 0 radical (unpaired) electrons. The van der Waals surface area contributed by atoms with E-state index >= 15 is 0 Å². The summed E-state index contributed by atoms with van der Waals surface area (Å²) in [6.45, 7) is 0. The molecule has 1 amide bonds. The minimum absolute atomic E-state index is 0.264. The van der Waals surface area contributed by atoms with Crippen LogP contribution in [0, 0.1) is 0 Å². The lowest BCUT2D eigenvalue weighted by atomic mass is 10.2. The molecular weight excluding hydrogens is 156 g/mol. The quantitative estimate of drug-likeness (QED) is 0.449. The molecule has 66 valence electrons. The van der Waals surface area contributed by atoms with Crippen molar-refractivity contribution >= 4 is 5.91 Å². The highest BCUT2D eigenvalue weighted by Gasteiger charge is 2.14. The van der Waals surface area contributed by atoms with Crippen molar-refractivity contribution in [3.63, 3.8) is 0 Å². The fourth-order valence-electron chi connectivity index (χ4n) is 0.880. The first-order valence-electron chi connectivity index (χ1n) is 3.61. The van der Waals surface area contributed by atoms with Crippen LogP contribution in [0.15, 0.2) is 18.3 Å². The average molecular weight is 168 g/mol. The maximum Gasteiger partial charge on any atom is 0.257 e. The Kier molecular flexibility index (Phi) is 2.84. The summed E-state index contributed by atoms with van der Waals surface area (Å²) in [5.41, 5.74) is 11.2. The second-order valence-corrected chi connectivity index (χ2v) is 2.34. The summed E-state index contributed by atoms with van der Waals surface area (Å²) >= 11 is 0. The van der Waals surface area contributed by atoms with Gasteiger partial charge in [0.2, 0.25) is 0 Å². The highest BCUT2D eigenvalue weighted by molar-refractivity contribution is 5.81. The number of hydrogen-bond donors (Lipinski definition) is 4. The molecule has 0 aliphatic heterocycles. The number of carbonyl (C=O) groups excluding carboxylic acids is 1. The lowest BCUT2D eigenvalue weighted by Crippen LogP contribution is -2.40.